The smallest absolute Gasteiger partial charge is 0.0613 e. The zero-order valence-corrected chi connectivity index (χ0v) is 13.0. The molecule has 108 valence electrons. The van der Waals surface area contributed by atoms with E-state index in [0.717, 1.165) is 24.6 Å². The summed E-state index contributed by atoms with van der Waals surface area (Å²) in [5, 5.41) is 14.0. The van der Waals surface area contributed by atoms with Crippen LogP contribution in [-0.2, 0) is 0 Å². The van der Waals surface area contributed by atoms with Gasteiger partial charge in [-0.15, -0.1) is 0 Å². The van der Waals surface area contributed by atoms with Crippen LogP contribution in [-0.4, -0.2) is 34.8 Å². The molecule has 0 aromatic carbocycles. The van der Waals surface area contributed by atoms with Crippen molar-refractivity contribution in [3.05, 3.63) is 0 Å². The van der Waals surface area contributed by atoms with Crippen LogP contribution in [0, 0.1) is 0 Å². The van der Waals surface area contributed by atoms with Crippen molar-refractivity contribution in [3.8, 4) is 0 Å². The molecule has 1 atom stereocenters. The van der Waals surface area contributed by atoms with E-state index in [2.05, 4.69) is 30.9 Å². The van der Waals surface area contributed by atoms with Crippen LogP contribution >= 0.6 is 11.8 Å². The Kier molecular flexibility index (Phi) is 8.36. The molecular formula is C15H31NOS. The van der Waals surface area contributed by atoms with Crippen molar-refractivity contribution >= 4 is 11.8 Å². The van der Waals surface area contributed by atoms with Gasteiger partial charge in [0.05, 0.1) is 6.61 Å². The number of aliphatic hydroxyl groups is 1. The van der Waals surface area contributed by atoms with Gasteiger partial charge in [0.1, 0.15) is 0 Å². The number of hydrogen-bond donors (Lipinski definition) is 2. The molecular weight excluding hydrogens is 242 g/mol. The minimum absolute atomic E-state index is 0.0259. The lowest BCUT2D eigenvalue weighted by atomic mass is 9.91. The molecule has 2 N–H and O–H groups in total. The van der Waals surface area contributed by atoms with Crippen LogP contribution in [0.1, 0.15) is 65.2 Å². The van der Waals surface area contributed by atoms with Gasteiger partial charge in [-0.3, -0.25) is 0 Å². The standard InChI is InChI=1S/C15H31NOS/c1-3-15(13-17,16-4-2)11-8-12-18-14-9-6-5-7-10-14/h14,16-17H,3-13H2,1-2H3. The van der Waals surface area contributed by atoms with Gasteiger partial charge in [-0.2, -0.15) is 11.8 Å². The lowest BCUT2D eigenvalue weighted by Crippen LogP contribution is -2.48. The maximum Gasteiger partial charge on any atom is 0.0613 e. The summed E-state index contributed by atoms with van der Waals surface area (Å²) in [5.74, 6) is 1.26. The number of likely N-dealkylation sites (N-methyl/N-ethyl adjacent to an activating group) is 1. The van der Waals surface area contributed by atoms with Gasteiger partial charge >= 0.3 is 0 Å². The van der Waals surface area contributed by atoms with Crippen molar-refractivity contribution in [3.63, 3.8) is 0 Å². The summed E-state index contributed by atoms with van der Waals surface area (Å²) < 4.78 is 0. The molecule has 0 aromatic rings. The Labute approximate surface area is 117 Å². The lowest BCUT2D eigenvalue weighted by Gasteiger charge is -2.32. The average Bonchev–Trinajstić information content (AvgIpc) is 2.43. The summed E-state index contributed by atoms with van der Waals surface area (Å²) in [6.07, 6.45) is 10.5. The fourth-order valence-electron chi connectivity index (χ4n) is 2.90. The van der Waals surface area contributed by atoms with Gasteiger partial charge in [0.2, 0.25) is 0 Å². The molecule has 0 radical (unpaired) electrons. The van der Waals surface area contributed by atoms with Crippen LogP contribution in [0.25, 0.3) is 0 Å². The predicted octanol–water partition coefficient (Wildman–Crippen LogP) is 3.58. The van der Waals surface area contributed by atoms with Crippen LogP contribution in [0.5, 0.6) is 0 Å². The molecule has 2 nitrogen and oxygen atoms in total. The highest BCUT2D eigenvalue weighted by Gasteiger charge is 2.25. The molecule has 0 heterocycles. The van der Waals surface area contributed by atoms with E-state index in [0.29, 0.717) is 0 Å². The van der Waals surface area contributed by atoms with Gasteiger partial charge < -0.3 is 10.4 Å². The van der Waals surface area contributed by atoms with Crippen LogP contribution in [0.2, 0.25) is 0 Å². The van der Waals surface area contributed by atoms with E-state index in [1.807, 2.05) is 0 Å². The van der Waals surface area contributed by atoms with Gasteiger partial charge in [-0.1, -0.05) is 33.1 Å². The molecule has 0 bridgehead atoms. The van der Waals surface area contributed by atoms with E-state index in [4.69, 9.17) is 0 Å². The van der Waals surface area contributed by atoms with E-state index < -0.39 is 0 Å². The molecule has 1 aliphatic carbocycles. The first-order valence-corrected chi connectivity index (χ1v) is 8.78. The molecule has 0 aliphatic heterocycles. The second kappa shape index (κ2) is 9.22. The fraction of sp³-hybridized carbons (Fsp3) is 1.00. The topological polar surface area (TPSA) is 32.3 Å². The third kappa shape index (κ3) is 5.50. The minimum Gasteiger partial charge on any atom is -0.394 e. The van der Waals surface area contributed by atoms with Crippen molar-refractivity contribution in [2.75, 3.05) is 18.9 Å². The molecule has 3 heteroatoms. The van der Waals surface area contributed by atoms with Crippen molar-refractivity contribution in [1.29, 1.82) is 0 Å². The first kappa shape index (κ1) is 16.3. The van der Waals surface area contributed by atoms with Crippen molar-refractivity contribution in [2.45, 2.75) is 76.0 Å². The highest BCUT2D eigenvalue weighted by molar-refractivity contribution is 7.99. The SMILES string of the molecule is CCNC(CC)(CO)CCCSC1CCCCC1. The minimum atomic E-state index is -0.0259. The van der Waals surface area contributed by atoms with E-state index in [9.17, 15) is 5.11 Å². The van der Waals surface area contributed by atoms with E-state index in [1.165, 1.54) is 44.3 Å². The molecule has 0 saturated heterocycles. The molecule has 1 unspecified atom stereocenters. The van der Waals surface area contributed by atoms with Gasteiger partial charge in [-0.05, 0) is 44.4 Å². The second-order valence-corrected chi connectivity index (χ2v) is 6.96. The Morgan fingerprint density at radius 2 is 1.94 bits per heavy atom. The first-order chi connectivity index (χ1) is 8.76. The van der Waals surface area contributed by atoms with Crippen molar-refractivity contribution in [2.24, 2.45) is 0 Å². The second-order valence-electron chi connectivity index (χ2n) is 5.56. The number of rotatable bonds is 9. The van der Waals surface area contributed by atoms with Crippen LogP contribution < -0.4 is 5.32 Å². The quantitative estimate of drug-likeness (QED) is 0.630. The van der Waals surface area contributed by atoms with E-state index >= 15 is 0 Å². The van der Waals surface area contributed by atoms with Crippen molar-refractivity contribution in [1.82, 2.24) is 5.32 Å². The molecule has 18 heavy (non-hydrogen) atoms. The van der Waals surface area contributed by atoms with Gasteiger partial charge in [-0.25, -0.2) is 0 Å². The summed E-state index contributed by atoms with van der Waals surface area (Å²) in [4.78, 5) is 0. The third-order valence-corrected chi connectivity index (χ3v) is 5.70. The Hall–Kier alpha value is 0.270. The summed E-state index contributed by atoms with van der Waals surface area (Å²) in [5.41, 5.74) is -0.0259. The molecule has 1 fully saturated rings. The number of nitrogens with one attached hydrogen (secondary N) is 1. The molecule has 1 saturated carbocycles. The number of aliphatic hydroxyl groups excluding tert-OH is 1. The Morgan fingerprint density at radius 1 is 1.22 bits per heavy atom. The molecule has 0 aromatic heterocycles. The normalized spacial score (nSPS) is 20.8. The average molecular weight is 273 g/mol. The first-order valence-electron chi connectivity index (χ1n) is 7.74. The zero-order chi connectivity index (χ0) is 13.3. The Bertz CT molecular complexity index is 201. The molecule has 1 aliphatic rings. The largest absolute Gasteiger partial charge is 0.394 e. The number of hydrogen-bond acceptors (Lipinski definition) is 3. The molecule has 0 amide bonds. The van der Waals surface area contributed by atoms with Gasteiger partial charge in [0.25, 0.3) is 0 Å². The predicted molar refractivity (Wildman–Crippen MR) is 82.3 cm³/mol. The maximum atomic E-state index is 9.59. The summed E-state index contributed by atoms with van der Waals surface area (Å²) in [7, 11) is 0. The summed E-state index contributed by atoms with van der Waals surface area (Å²) >= 11 is 2.17. The Balaban J connectivity index is 2.17. The van der Waals surface area contributed by atoms with Gasteiger partial charge in [0, 0.05) is 10.8 Å². The zero-order valence-electron chi connectivity index (χ0n) is 12.2. The monoisotopic (exact) mass is 273 g/mol. The molecule has 0 spiro atoms. The fourth-order valence-corrected chi connectivity index (χ4v) is 4.22. The molecule has 1 rings (SSSR count). The lowest BCUT2D eigenvalue weighted by molar-refractivity contribution is 0.148. The summed E-state index contributed by atoms with van der Waals surface area (Å²) in [6.45, 7) is 5.51. The Morgan fingerprint density at radius 3 is 2.50 bits per heavy atom. The summed E-state index contributed by atoms with van der Waals surface area (Å²) in [6, 6.07) is 0. The number of thioether (sulfide) groups is 1. The highest BCUT2D eigenvalue weighted by Crippen LogP contribution is 2.29. The highest BCUT2D eigenvalue weighted by atomic mass is 32.2. The maximum absolute atomic E-state index is 9.59. The third-order valence-electron chi connectivity index (χ3n) is 4.24. The van der Waals surface area contributed by atoms with Crippen LogP contribution in [0.3, 0.4) is 0 Å². The van der Waals surface area contributed by atoms with Crippen LogP contribution in [0.15, 0.2) is 0 Å². The van der Waals surface area contributed by atoms with E-state index in [-0.39, 0.29) is 12.1 Å². The van der Waals surface area contributed by atoms with Crippen molar-refractivity contribution < 1.29 is 5.11 Å². The van der Waals surface area contributed by atoms with Crippen LogP contribution in [0.4, 0.5) is 0 Å². The van der Waals surface area contributed by atoms with E-state index in [1.54, 1.807) is 0 Å². The van der Waals surface area contributed by atoms with Gasteiger partial charge in [0.15, 0.2) is 0 Å².